The number of carbonyl (C=O) groups excluding carboxylic acids is 2. The summed E-state index contributed by atoms with van der Waals surface area (Å²) in [4.78, 5) is 22.9. The number of hydrogen-bond donors (Lipinski definition) is 4. The molecule has 4 N–H and O–H groups in total. The summed E-state index contributed by atoms with van der Waals surface area (Å²) in [5.74, 6) is -0.278. The van der Waals surface area contributed by atoms with E-state index in [1.165, 1.54) is 12.5 Å². The van der Waals surface area contributed by atoms with Gasteiger partial charge in [-0.3, -0.25) is 20.4 Å². The molecule has 120 valence electrons. The maximum atomic E-state index is 11.5. The van der Waals surface area contributed by atoms with Gasteiger partial charge >= 0.3 is 11.8 Å². The molecule has 2 aromatic heterocycles. The molecule has 2 heterocycles. The van der Waals surface area contributed by atoms with Gasteiger partial charge in [-0.15, -0.1) is 0 Å². The lowest BCUT2D eigenvalue weighted by Gasteiger charge is -2.01. The van der Waals surface area contributed by atoms with E-state index in [9.17, 15) is 9.59 Å². The summed E-state index contributed by atoms with van der Waals surface area (Å²) in [5, 5.41) is 0. The fourth-order valence-corrected chi connectivity index (χ4v) is 1.49. The van der Waals surface area contributed by atoms with Crippen LogP contribution in [0.5, 0.6) is 0 Å². The van der Waals surface area contributed by atoms with Gasteiger partial charge < -0.3 is 19.7 Å². The third-order valence-electron chi connectivity index (χ3n) is 2.54. The highest BCUT2D eigenvalue weighted by atomic mass is 16.3. The Labute approximate surface area is 132 Å². The summed E-state index contributed by atoms with van der Waals surface area (Å²) in [6, 6.07) is 6.39. The highest BCUT2D eigenvalue weighted by Crippen LogP contribution is 1.98. The first-order valence-corrected chi connectivity index (χ1v) is 6.76. The van der Waals surface area contributed by atoms with Crippen LogP contribution in [0.25, 0.3) is 0 Å². The molecule has 2 amide bonds. The third kappa shape index (κ3) is 5.46. The molecule has 0 radical (unpaired) electrons. The Balaban J connectivity index is 1.54. The molecule has 0 aromatic carbocycles. The lowest BCUT2D eigenvalue weighted by molar-refractivity contribution is 0.0906. The van der Waals surface area contributed by atoms with Crippen LogP contribution >= 0.6 is 0 Å². The SMILES string of the molecule is O=C(NN/C=C\C/C=C\NNC(=O)c1ccco1)c1ccco1. The summed E-state index contributed by atoms with van der Waals surface area (Å²) in [5.41, 5.74) is 10.1. The zero-order chi connectivity index (χ0) is 16.3. The number of allylic oxidation sites excluding steroid dienone is 2. The number of furan rings is 2. The molecule has 2 aromatic rings. The average Bonchev–Trinajstić information content (AvgIpc) is 3.25. The van der Waals surface area contributed by atoms with Gasteiger partial charge in [0.2, 0.25) is 0 Å². The van der Waals surface area contributed by atoms with Crippen molar-refractivity contribution in [1.29, 1.82) is 0 Å². The number of carbonyl (C=O) groups is 2. The number of hydrazine groups is 2. The molecule has 0 saturated heterocycles. The minimum atomic E-state index is -0.363. The molecular weight excluding hydrogens is 300 g/mol. The van der Waals surface area contributed by atoms with Crippen LogP contribution in [0.15, 0.2) is 70.2 Å². The smallest absolute Gasteiger partial charge is 0.305 e. The first-order chi connectivity index (χ1) is 11.3. The van der Waals surface area contributed by atoms with Crippen LogP contribution in [0, 0.1) is 0 Å². The monoisotopic (exact) mass is 316 g/mol. The van der Waals surface area contributed by atoms with E-state index in [0.717, 1.165) is 0 Å². The van der Waals surface area contributed by atoms with Crippen LogP contribution in [-0.2, 0) is 0 Å². The van der Waals surface area contributed by atoms with E-state index in [-0.39, 0.29) is 23.3 Å². The van der Waals surface area contributed by atoms with Crippen LogP contribution in [0.2, 0.25) is 0 Å². The second kappa shape index (κ2) is 8.78. The quantitative estimate of drug-likeness (QED) is 0.549. The minimum absolute atomic E-state index is 0.224. The Morgan fingerprint density at radius 3 is 1.74 bits per heavy atom. The number of rotatable bonds is 8. The molecule has 8 heteroatoms. The molecule has 8 nitrogen and oxygen atoms in total. The van der Waals surface area contributed by atoms with Crippen LogP contribution in [0.4, 0.5) is 0 Å². The lowest BCUT2D eigenvalue weighted by Crippen LogP contribution is -2.33. The van der Waals surface area contributed by atoms with Crippen LogP contribution < -0.4 is 21.7 Å². The Kier molecular flexibility index (Phi) is 6.09. The first kappa shape index (κ1) is 16.0. The van der Waals surface area contributed by atoms with Crippen molar-refractivity contribution >= 4 is 11.8 Å². The molecule has 0 saturated carbocycles. The van der Waals surface area contributed by atoms with Crippen molar-refractivity contribution in [2.24, 2.45) is 0 Å². The predicted molar refractivity (Wildman–Crippen MR) is 81.5 cm³/mol. The molecule has 0 aliphatic carbocycles. The van der Waals surface area contributed by atoms with Gasteiger partial charge in [-0.25, -0.2) is 0 Å². The van der Waals surface area contributed by atoms with Gasteiger partial charge in [0.15, 0.2) is 11.5 Å². The summed E-state index contributed by atoms with van der Waals surface area (Å²) in [6.45, 7) is 0. The molecule has 0 fully saturated rings. The number of amides is 2. The Hall–Kier alpha value is -3.42. The highest BCUT2D eigenvalue weighted by Gasteiger charge is 2.06. The topological polar surface area (TPSA) is 109 Å². The van der Waals surface area contributed by atoms with Gasteiger partial charge in [-0.1, -0.05) is 12.2 Å². The van der Waals surface area contributed by atoms with Crippen molar-refractivity contribution in [1.82, 2.24) is 21.7 Å². The van der Waals surface area contributed by atoms with Gasteiger partial charge in [0.1, 0.15) is 0 Å². The normalized spacial score (nSPS) is 10.8. The summed E-state index contributed by atoms with van der Waals surface area (Å²) >= 11 is 0. The average molecular weight is 316 g/mol. The zero-order valence-corrected chi connectivity index (χ0v) is 12.1. The van der Waals surface area contributed by atoms with E-state index in [1.54, 1.807) is 48.8 Å². The van der Waals surface area contributed by atoms with E-state index in [0.29, 0.717) is 6.42 Å². The van der Waals surface area contributed by atoms with Crippen molar-refractivity contribution in [3.63, 3.8) is 0 Å². The highest BCUT2D eigenvalue weighted by molar-refractivity contribution is 5.91. The number of hydrogen-bond acceptors (Lipinski definition) is 6. The molecule has 2 rings (SSSR count). The van der Waals surface area contributed by atoms with Crippen molar-refractivity contribution in [2.75, 3.05) is 0 Å². The van der Waals surface area contributed by atoms with Gasteiger partial charge in [-0.2, -0.15) is 0 Å². The standard InChI is InChI=1S/C15H16N4O4/c20-14(12-6-4-10-22-12)18-16-8-2-1-3-9-17-19-15(21)13-7-5-11-23-13/h2-11,16-17H,1H2,(H,18,20)(H,19,21)/b8-2-,9-3-. The molecule has 0 aliphatic heterocycles. The first-order valence-electron chi connectivity index (χ1n) is 6.76. The van der Waals surface area contributed by atoms with E-state index >= 15 is 0 Å². The van der Waals surface area contributed by atoms with Crippen LogP contribution in [0.1, 0.15) is 27.5 Å². The molecule has 0 aliphatic rings. The van der Waals surface area contributed by atoms with Crippen LogP contribution in [0.3, 0.4) is 0 Å². The third-order valence-corrected chi connectivity index (χ3v) is 2.54. The minimum Gasteiger partial charge on any atom is -0.459 e. The Morgan fingerprint density at radius 1 is 0.870 bits per heavy atom. The van der Waals surface area contributed by atoms with Crippen molar-refractivity contribution in [2.45, 2.75) is 6.42 Å². The zero-order valence-electron chi connectivity index (χ0n) is 12.1. The van der Waals surface area contributed by atoms with E-state index in [4.69, 9.17) is 8.83 Å². The molecule has 0 spiro atoms. The van der Waals surface area contributed by atoms with Crippen molar-refractivity contribution < 1.29 is 18.4 Å². The Morgan fingerprint density at radius 2 is 1.35 bits per heavy atom. The fourth-order valence-electron chi connectivity index (χ4n) is 1.49. The maximum absolute atomic E-state index is 11.5. The second-order valence-electron chi connectivity index (χ2n) is 4.19. The maximum Gasteiger partial charge on any atom is 0.305 e. The van der Waals surface area contributed by atoms with Crippen molar-refractivity contribution in [3.05, 3.63) is 72.9 Å². The van der Waals surface area contributed by atoms with Crippen LogP contribution in [-0.4, -0.2) is 11.8 Å². The summed E-state index contributed by atoms with van der Waals surface area (Å²) < 4.78 is 9.85. The molecule has 0 bridgehead atoms. The second-order valence-corrected chi connectivity index (χ2v) is 4.19. The van der Waals surface area contributed by atoms with Gasteiger partial charge in [0.25, 0.3) is 0 Å². The molecule has 0 unspecified atom stereocenters. The molecule has 23 heavy (non-hydrogen) atoms. The fraction of sp³-hybridized carbons (Fsp3) is 0.0667. The lowest BCUT2D eigenvalue weighted by atomic mass is 10.4. The van der Waals surface area contributed by atoms with Gasteiger partial charge in [0.05, 0.1) is 12.5 Å². The van der Waals surface area contributed by atoms with Crippen molar-refractivity contribution in [3.8, 4) is 0 Å². The summed E-state index contributed by atoms with van der Waals surface area (Å²) in [7, 11) is 0. The predicted octanol–water partition coefficient (Wildman–Crippen LogP) is 1.46. The molecular formula is C15H16N4O4. The van der Waals surface area contributed by atoms with E-state index in [2.05, 4.69) is 21.7 Å². The summed E-state index contributed by atoms with van der Waals surface area (Å²) in [6.07, 6.45) is 10.1. The van der Waals surface area contributed by atoms with Gasteiger partial charge in [-0.05, 0) is 30.7 Å². The molecule has 0 atom stereocenters. The van der Waals surface area contributed by atoms with Gasteiger partial charge in [0, 0.05) is 12.4 Å². The Bertz CT molecular complexity index is 601. The largest absolute Gasteiger partial charge is 0.459 e. The van der Waals surface area contributed by atoms with E-state index < -0.39 is 0 Å². The number of nitrogens with one attached hydrogen (secondary N) is 4. The van der Waals surface area contributed by atoms with E-state index in [1.807, 2.05) is 0 Å².